The van der Waals surface area contributed by atoms with Gasteiger partial charge in [0.1, 0.15) is 34.9 Å². The summed E-state index contributed by atoms with van der Waals surface area (Å²) in [5.74, 6) is -1.17. The predicted octanol–water partition coefficient (Wildman–Crippen LogP) is 5.48. The number of amides is 1. The number of carbonyl (C=O) groups excluding carboxylic acids is 2. The minimum atomic E-state index is -1.10. The van der Waals surface area contributed by atoms with E-state index in [0.717, 1.165) is 11.3 Å². The number of methoxy groups -OCH3 is 2. The highest BCUT2D eigenvalue weighted by Gasteiger charge is 2.49. The summed E-state index contributed by atoms with van der Waals surface area (Å²) in [6.45, 7) is 2.32. The van der Waals surface area contributed by atoms with Gasteiger partial charge in [-0.25, -0.2) is 9.37 Å². The number of hydrogen-bond donors (Lipinski definition) is 1. The van der Waals surface area contributed by atoms with Crippen LogP contribution < -0.4 is 19.1 Å². The van der Waals surface area contributed by atoms with Crippen LogP contribution in [-0.2, 0) is 9.59 Å². The van der Waals surface area contributed by atoms with Gasteiger partial charge in [-0.2, -0.15) is 0 Å². The molecule has 1 aromatic heterocycles. The number of rotatable bonds is 7. The van der Waals surface area contributed by atoms with Gasteiger partial charge < -0.3 is 19.3 Å². The van der Waals surface area contributed by atoms with Crippen LogP contribution >= 0.6 is 11.3 Å². The van der Waals surface area contributed by atoms with Crippen molar-refractivity contribution < 1.29 is 33.3 Å². The first kappa shape index (κ1) is 25.2. The third kappa shape index (κ3) is 4.32. The molecule has 0 aliphatic carbocycles. The zero-order valence-corrected chi connectivity index (χ0v) is 21.5. The first-order valence-corrected chi connectivity index (χ1v) is 12.5. The lowest BCUT2D eigenvalue weighted by atomic mass is 9.94. The van der Waals surface area contributed by atoms with E-state index in [1.807, 2.05) is 6.92 Å². The molecule has 0 saturated carbocycles. The van der Waals surface area contributed by atoms with Gasteiger partial charge in [0.15, 0.2) is 5.13 Å². The number of benzene rings is 3. The van der Waals surface area contributed by atoms with Crippen molar-refractivity contribution in [3.8, 4) is 17.2 Å². The van der Waals surface area contributed by atoms with Crippen LogP contribution in [0, 0.1) is 5.82 Å². The van der Waals surface area contributed by atoms with Gasteiger partial charge in [0.25, 0.3) is 5.78 Å². The lowest BCUT2D eigenvalue weighted by Crippen LogP contribution is -2.29. The molecule has 0 bridgehead atoms. The number of nitrogens with zero attached hydrogens (tertiary/aromatic N) is 2. The maximum atomic E-state index is 13.9. The largest absolute Gasteiger partial charge is 0.507 e. The van der Waals surface area contributed by atoms with Gasteiger partial charge in [-0.15, -0.1) is 0 Å². The van der Waals surface area contributed by atoms with Gasteiger partial charge in [-0.05, 0) is 67.6 Å². The van der Waals surface area contributed by atoms with Crippen molar-refractivity contribution in [2.75, 3.05) is 25.7 Å². The number of hydrogen-bond acceptors (Lipinski definition) is 8. The zero-order valence-electron chi connectivity index (χ0n) is 20.7. The number of aliphatic hydroxyl groups excluding tert-OH is 1. The Kier molecular flexibility index (Phi) is 6.73. The first-order chi connectivity index (χ1) is 18.4. The Morgan fingerprint density at radius 3 is 2.45 bits per heavy atom. The number of ketones is 1. The fourth-order valence-electron chi connectivity index (χ4n) is 4.40. The summed E-state index contributed by atoms with van der Waals surface area (Å²) in [6.07, 6.45) is 0. The molecule has 1 fully saturated rings. The van der Waals surface area contributed by atoms with Crippen LogP contribution in [0.5, 0.6) is 17.2 Å². The van der Waals surface area contributed by atoms with E-state index in [4.69, 9.17) is 14.2 Å². The molecule has 1 amide bonds. The van der Waals surface area contributed by atoms with E-state index in [1.54, 1.807) is 42.5 Å². The molecule has 0 unspecified atom stereocenters. The van der Waals surface area contributed by atoms with Crippen LogP contribution in [-0.4, -0.2) is 42.6 Å². The molecule has 1 N–H and O–H groups in total. The van der Waals surface area contributed by atoms with Gasteiger partial charge in [-0.1, -0.05) is 11.3 Å². The maximum absolute atomic E-state index is 13.9. The lowest BCUT2D eigenvalue weighted by molar-refractivity contribution is -0.132. The minimum absolute atomic E-state index is 0.142. The number of carbonyl (C=O) groups is 2. The van der Waals surface area contributed by atoms with Gasteiger partial charge in [0, 0.05) is 11.1 Å². The molecule has 194 valence electrons. The average Bonchev–Trinajstić information content (AvgIpc) is 3.45. The second-order valence-electron chi connectivity index (χ2n) is 8.34. The van der Waals surface area contributed by atoms with Gasteiger partial charge in [-0.3, -0.25) is 14.5 Å². The van der Waals surface area contributed by atoms with E-state index >= 15 is 0 Å². The Morgan fingerprint density at radius 1 is 1.03 bits per heavy atom. The van der Waals surface area contributed by atoms with Crippen molar-refractivity contribution in [1.82, 2.24) is 4.98 Å². The Bertz CT molecular complexity index is 1580. The molecule has 4 aromatic rings. The van der Waals surface area contributed by atoms with Gasteiger partial charge in [0.05, 0.1) is 36.6 Å². The first-order valence-electron chi connectivity index (χ1n) is 11.7. The standard InChI is InChI=1S/C28H23FN2O6S/c1-4-37-17-8-5-15(6-9-17)25(32)23-24(19-14-18(35-2)10-12-21(19)36-3)31(27(34)26(23)33)28-30-20-11-7-16(29)13-22(20)38-28/h5-14,24,32H,4H2,1-3H3/t24-/m0/s1. The van der Waals surface area contributed by atoms with E-state index in [0.29, 0.717) is 45.2 Å². The number of aliphatic hydroxyl groups is 1. The summed E-state index contributed by atoms with van der Waals surface area (Å²) < 4.78 is 30.8. The molecule has 1 saturated heterocycles. The number of aromatic nitrogens is 1. The van der Waals surface area contributed by atoms with Crippen LogP contribution in [0.3, 0.4) is 0 Å². The fourth-order valence-corrected chi connectivity index (χ4v) is 5.41. The number of fused-ring (bicyclic) bond motifs is 1. The molecule has 38 heavy (non-hydrogen) atoms. The molecule has 1 aliphatic rings. The molecule has 1 aliphatic heterocycles. The number of anilines is 1. The highest BCUT2D eigenvalue weighted by Crippen LogP contribution is 2.47. The summed E-state index contributed by atoms with van der Waals surface area (Å²) in [4.78, 5) is 32.7. The predicted molar refractivity (Wildman–Crippen MR) is 142 cm³/mol. The van der Waals surface area contributed by atoms with E-state index in [-0.39, 0.29) is 16.5 Å². The van der Waals surface area contributed by atoms with Gasteiger partial charge in [0.2, 0.25) is 0 Å². The third-order valence-electron chi connectivity index (χ3n) is 6.16. The zero-order chi connectivity index (χ0) is 27.0. The smallest absolute Gasteiger partial charge is 0.301 e. The quantitative estimate of drug-likeness (QED) is 0.191. The number of thiazole rings is 1. The Labute approximate surface area is 221 Å². The monoisotopic (exact) mass is 534 g/mol. The Morgan fingerprint density at radius 2 is 1.76 bits per heavy atom. The summed E-state index contributed by atoms with van der Waals surface area (Å²) in [5, 5.41) is 11.6. The number of halogens is 1. The second-order valence-corrected chi connectivity index (χ2v) is 9.35. The van der Waals surface area contributed by atoms with E-state index in [1.165, 1.54) is 37.3 Å². The summed E-state index contributed by atoms with van der Waals surface area (Å²) in [7, 11) is 2.95. The van der Waals surface area contributed by atoms with Crippen LogP contribution in [0.25, 0.3) is 16.0 Å². The van der Waals surface area contributed by atoms with E-state index in [9.17, 15) is 19.1 Å². The highest BCUT2D eigenvalue weighted by atomic mass is 32.1. The third-order valence-corrected chi connectivity index (χ3v) is 7.18. The van der Waals surface area contributed by atoms with Crippen molar-refractivity contribution in [2.45, 2.75) is 13.0 Å². The molecular weight excluding hydrogens is 511 g/mol. The van der Waals surface area contributed by atoms with Crippen molar-refractivity contribution >= 4 is 44.1 Å². The van der Waals surface area contributed by atoms with Crippen molar-refractivity contribution in [1.29, 1.82) is 0 Å². The molecule has 0 spiro atoms. The van der Waals surface area contributed by atoms with Gasteiger partial charge >= 0.3 is 5.91 Å². The van der Waals surface area contributed by atoms with Crippen LogP contribution in [0.15, 0.2) is 66.2 Å². The maximum Gasteiger partial charge on any atom is 0.301 e. The topological polar surface area (TPSA) is 98.2 Å². The molecular formula is C28H23FN2O6S. The molecule has 3 aromatic carbocycles. The molecule has 8 nitrogen and oxygen atoms in total. The summed E-state index contributed by atoms with van der Waals surface area (Å²) >= 11 is 1.06. The average molecular weight is 535 g/mol. The van der Waals surface area contributed by atoms with Crippen molar-refractivity contribution in [2.24, 2.45) is 0 Å². The normalized spacial score (nSPS) is 16.7. The van der Waals surface area contributed by atoms with Crippen LogP contribution in [0.2, 0.25) is 0 Å². The summed E-state index contributed by atoms with van der Waals surface area (Å²) in [5.41, 5.74) is 1.06. The Balaban J connectivity index is 1.74. The van der Waals surface area contributed by atoms with Crippen molar-refractivity contribution in [3.05, 3.63) is 83.2 Å². The number of ether oxygens (including phenoxy) is 3. The van der Waals surface area contributed by atoms with E-state index in [2.05, 4.69) is 4.98 Å². The van der Waals surface area contributed by atoms with Crippen LogP contribution in [0.1, 0.15) is 24.1 Å². The van der Waals surface area contributed by atoms with Crippen molar-refractivity contribution in [3.63, 3.8) is 0 Å². The highest BCUT2D eigenvalue weighted by molar-refractivity contribution is 7.22. The van der Waals surface area contributed by atoms with E-state index < -0.39 is 23.5 Å². The molecule has 1 atom stereocenters. The molecule has 5 rings (SSSR count). The molecule has 2 heterocycles. The SMILES string of the molecule is CCOc1ccc(C(O)=C2C(=O)C(=O)N(c3nc4ccc(F)cc4s3)[C@H]2c2cc(OC)ccc2OC)cc1. The molecule has 0 radical (unpaired) electrons. The minimum Gasteiger partial charge on any atom is -0.507 e. The fraction of sp³-hybridized carbons (Fsp3) is 0.179. The molecule has 10 heteroatoms. The number of Topliss-reactive ketones (excluding diaryl/α,β-unsaturated/α-hetero) is 1. The second kappa shape index (κ2) is 10.1. The Hall–Kier alpha value is -4.44. The lowest BCUT2D eigenvalue weighted by Gasteiger charge is -2.25. The van der Waals surface area contributed by atoms with Crippen LogP contribution in [0.4, 0.5) is 9.52 Å². The summed E-state index contributed by atoms with van der Waals surface area (Å²) in [6, 6.07) is 14.5.